The summed E-state index contributed by atoms with van der Waals surface area (Å²) in [5.74, 6) is -0.165. The van der Waals surface area contributed by atoms with Crippen LogP contribution >= 0.6 is 11.6 Å². The Kier molecular flexibility index (Phi) is 3.94. The van der Waals surface area contributed by atoms with Gasteiger partial charge in [-0.3, -0.25) is 4.79 Å². The molecule has 0 aliphatic rings. The van der Waals surface area contributed by atoms with Crippen LogP contribution in [0, 0.1) is 0 Å². The third-order valence-electron chi connectivity index (χ3n) is 3.21. The fourth-order valence-electron chi connectivity index (χ4n) is 2.12. The van der Waals surface area contributed by atoms with Gasteiger partial charge in [-0.1, -0.05) is 16.8 Å². The molecule has 0 saturated carbocycles. The molecule has 8 heteroatoms. The Morgan fingerprint density at radius 2 is 2.13 bits per heavy atom. The lowest BCUT2D eigenvalue weighted by atomic mass is 10.0. The summed E-state index contributed by atoms with van der Waals surface area (Å²) in [6.45, 7) is 0. The summed E-state index contributed by atoms with van der Waals surface area (Å²) < 4.78 is 6.62. The van der Waals surface area contributed by atoms with Gasteiger partial charge in [-0.25, -0.2) is 9.67 Å². The number of pyridine rings is 1. The standard InChI is InChI=1S/C15H12ClN5O2/c1-23-14-6-9(4-5-18-14)11-7-10(16)2-3-13(11)21-8-12(15(17)22)19-20-21/h2-8H,1H3,(H2,17,22). The number of amides is 1. The Bertz CT molecular complexity index is 878. The molecule has 0 radical (unpaired) electrons. The summed E-state index contributed by atoms with van der Waals surface area (Å²) in [4.78, 5) is 15.3. The molecule has 23 heavy (non-hydrogen) atoms. The number of hydrogen-bond acceptors (Lipinski definition) is 5. The molecule has 3 rings (SSSR count). The smallest absolute Gasteiger partial charge is 0.270 e. The van der Waals surface area contributed by atoms with E-state index in [0.717, 1.165) is 11.1 Å². The first-order chi connectivity index (χ1) is 11.1. The molecule has 0 spiro atoms. The minimum absolute atomic E-state index is 0.0817. The number of carbonyl (C=O) groups is 1. The zero-order chi connectivity index (χ0) is 16.4. The minimum Gasteiger partial charge on any atom is -0.481 e. The zero-order valence-electron chi connectivity index (χ0n) is 12.1. The molecule has 2 N–H and O–H groups in total. The van der Waals surface area contributed by atoms with E-state index in [-0.39, 0.29) is 5.69 Å². The van der Waals surface area contributed by atoms with Crippen LogP contribution in [0.5, 0.6) is 5.88 Å². The van der Waals surface area contributed by atoms with Gasteiger partial charge in [-0.15, -0.1) is 5.10 Å². The lowest BCUT2D eigenvalue weighted by Gasteiger charge is -2.10. The largest absolute Gasteiger partial charge is 0.481 e. The molecule has 0 unspecified atom stereocenters. The molecule has 2 heterocycles. The van der Waals surface area contributed by atoms with E-state index in [1.54, 1.807) is 37.6 Å². The molecule has 0 atom stereocenters. The number of nitrogens with two attached hydrogens (primary N) is 1. The third-order valence-corrected chi connectivity index (χ3v) is 3.44. The molecule has 116 valence electrons. The molecule has 1 amide bonds. The Morgan fingerprint density at radius 1 is 1.30 bits per heavy atom. The maximum atomic E-state index is 11.2. The van der Waals surface area contributed by atoms with E-state index in [9.17, 15) is 4.79 Å². The van der Waals surface area contributed by atoms with Gasteiger partial charge in [0.25, 0.3) is 5.91 Å². The van der Waals surface area contributed by atoms with Crippen molar-refractivity contribution in [3.05, 3.63) is 53.4 Å². The van der Waals surface area contributed by atoms with Crippen molar-refractivity contribution in [1.29, 1.82) is 0 Å². The molecular formula is C15H12ClN5O2. The summed E-state index contributed by atoms with van der Waals surface area (Å²) in [6.07, 6.45) is 3.10. The van der Waals surface area contributed by atoms with E-state index in [1.165, 1.54) is 10.9 Å². The number of halogens is 1. The minimum atomic E-state index is -0.641. The monoisotopic (exact) mass is 329 g/mol. The fourth-order valence-corrected chi connectivity index (χ4v) is 2.29. The van der Waals surface area contributed by atoms with E-state index in [1.807, 2.05) is 6.07 Å². The van der Waals surface area contributed by atoms with Crippen molar-refractivity contribution in [1.82, 2.24) is 20.0 Å². The summed E-state index contributed by atoms with van der Waals surface area (Å²) in [7, 11) is 1.54. The van der Waals surface area contributed by atoms with Gasteiger partial charge in [0.1, 0.15) is 0 Å². The Morgan fingerprint density at radius 3 is 2.83 bits per heavy atom. The first-order valence-electron chi connectivity index (χ1n) is 6.61. The number of rotatable bonds is 4. The molecule has 0 fully saturated rings. The predicted octanol–water partition coefficient (Wildman–Crippen LogP) is 2.09. The Hall–Kier alpha value is -2.93. The summed E-state index contributed by atoms with van der Waals surface area (Å²) in [6, 6.07) is 8.90. The lowest BCUT2D eigenvalue weighted by Crippen LogP contribution is -2.11. The van der Waals surface area contributed by atoms with Gasteiger partial charge >= 0.3 is 0 Å². The van der Waals surface area contributed by atoms with Crippen molar-refractivity contribution in [3.8, 4) is 22.7 Å². The number of benzene rings is 1. The van der Waals surface area contributed by atoms with E-state index in [0.29, 0.717) is 16.6 Å². The van der Waals surface area contributed by atoms with Gasteiger partial charge in [0, 0.05) is 22.8 Å². The van der Waals surface area contributed by atoms with Crippen molar-refractivity contribution in [2.75, 3.05) is 7.11 Å². The molecule has 1 aromatic carbocycles. The normalized spacial score (nSPS) is 10.5. The van der Waals surface area contributed by atoms with E-state index < -0.39 is 5.91 Å². The highest BCUT2D eigenvalue weighted by molar-refractivity contribution is 6.31. The van der Waals surface area contributed by atoms with E-state index >= 15 is 0 Å². The van der Waals surface area contributed by atoms with Crippen LogP contribution in [-0.4, -0.2) is 33.0 Å². The summed E-state index contributed by atoms with van der Waals surface area (Å²) in [5.41, 5.74) is 7.62. The number of carbonyl (C=O) groups excluding carboxylic acids is 1. The molecule has 0 aliphatic heterocycles. The number of primary amides is 1. The lowest BCUT2D eigenvalue weighted by molar-refractivity contribution is 0.0995. The van der Waals surface area contributed by atoms with Crippen LogP contribution in [0.25, 0.3) is 16.8 Å². The number of aromatic nitrogens is 4. The average molecular weight is 330 g/mol. The second-order valence-electron chi connectivity index (χ2n) is 4.66. The first-order valence-corrected chi connectivity index (χ1v) is 6.99. The van der Waals surface area contributed by atoms with Gasteiger partial charge < -0.3 is 10.5 Å². The molecule has 7 nitrogen and oxygen atoms in total. The van der Waals surface area contributed by atoms with Gasteiger partial charge in [0.2, 0.25) is 5.88 Å². The van der Waals surface area contributed by atoms with Crippen molar-refractivity contribution in [3.63, 3.8) is 0 Å². The highest BCUT2D eigenvalue weighted by atomic mass is 35.5. The molecule has 0 aliphatic carbocycles. The maximum Gasteiger partial charge on any atom is 0.270 e. The number of ether oxygens (including phenoxy) is 1. The second-order valence-corrected chi connectivity index (χ2v) is 5.10. The molecule has 3 aromatic rings. The van der Waals surface area contributed by atoms with Crippen LogP contribution in [0.2, 0.25) is 5.02 Å². The molecule has 2 aromatic heterocycles. The van der Waals surface area contributed by atoms with Gasteiger partial charge in [0.15, 0.2) is 5.69 Å². The average Bonchev–Trinajstić information content (AvgIpc) is 3.05. The van der Waals surface area contributed by atoms with Crippen LogP contribution in [0.4, 0.5) is 0 Å². The number of nitrogens with zero attached hydrogens (tertiary/aromatic N) is 4. The van der Waals surface area contributed by atoms with Gasteiger partial charge in [-0.05, 0) is 29.8 Å². The van der Waals surface area contributed by atoms with Crippen LogP contribution in [0.3, 0.4) is 0 Å². The highest BCUT2D eigenvalue weighted by Gasteiger charge is 2.13. The van der Waals surface area contributed by atoms with Crippen molar-refractivity contribution < 1.29 is 9.53 Å². The molecule has 0 saturated heterocycles. The SMILES string of the molecule is COc1cc(-c2cc(Cl)ccc2-n2cc(C(N)=O)nn2)ccn1. The predicted molar refractivity (Wildman–Crippen MR) is 84.7 cm³/mol. The number of hydrogen-bond donors (Lipinski definition) is 1. The van der Waals surface area contributed by atoms with Gasteiger partial charge in [-0.2, -0.15) is 0 Å². The molecule has 0 bridgehead atoms. The topological polar surface area (TPSA) is 95.9 Å². The second kappa shape index (κ2) is 6.05. The number of methoxy groups -OCH3 is 1. The van der Waals surface area contributed by atoms with Crippen molar-refractivity contribution in [2.45, 2.75) is 0 Å². The van der Waals surface area contributed by atoms with E-state index in [2.05, 4.69) is 15.3 Å². The zero-order valence-corrected chi connectivity index (χ0v) is 12.9. The van der Waals surface area contributed by atoms with E-state index in [4.69, 9.17) is 22.1 Å². The third kappa shape index (κ3) is 3.00. The maximum absolute atomic E-state index is 11.2. The Balaban J connectivity index is 2.15. The van der Waals surface area contributed by atoms with Crippen LogP contribution in [0.1, 0.15) is 10.5 Å². The van der Waals surface area contributed by atoms with Crippen molar-refractivity contribution >= 4 is 17.5 Å². The van der Waals surface area contributed by atoms with Crippen LogP contribution in [0.15, 0.2) is 42.7 Å². The quantitative estimate of drug-likeness (QED) is 0.790. The molecular weight excluding hydrogens is 318 g/mol. The van der Waals surface area contributed by atoms with Crippen LogP contribution < -0.4 is 10.5 Å². The summed E-state index contributed by atoms with van der Waals surface area (Å²) in [5, 5.41) is 8.26. The first kappa shape index (κ1) is 15.0. The fraction of sp³-hybridized carbons (Fsp3) is 0.0667. The summed E-state index contributed by atoms with van der Waals surface area (Å²) >= 11 is 6.12. The Labute approximate surface area is 136 Å². The highest BCUT2D eigenvalue weighted by Crippen LogP contribution is 2.30. The van der Waals surface area contributed by atoms with Gasteiger partial charge in [0.05, 0.1) is 19.0 Å². The van der Waals surface area contributed by atoms with Crippen LogP contribution in [-0.2, 0) is 0 Å². The van der Waals surface area contributed by atoms with Crippen molar-refractivity contribution in [2.24, 2.45) is 5.73 Å².